The van der Waals surface area contributed by atoms with Gasteiger partial charge in [0.25, 0.3) is 0 Å². The van der Waals surface area contributed by atoms with E-state index in [0.29, 0.717) is 11.0 Å². The van der Waals surface area contributed by atoms with Crippen LogP contribution in [0.2, 0.25) is 0 Å². The quantitative estimate of drug-likeness (QED) is 0.804. The van der Waals surface area contributed by atoms with E-state index in [1.165, 1.54) is 19.3 Å². The molecule has 1 heterocycles. The Kier molecular flexibility index (Phi) is 3.38. The highest BCUT2D eigenvalue weighted by atomic mass is 32.1. The van der Waals surface area contributed by atoms with Gasteiger partial charge in [-0.3, -0.25) is 4.68 Å². The highest BCUT2D eigenvalue weighted by Gasteiger charge is 2.26. The average molecular weight is 252 g/mol. The van der Waals surface area contributed by atoms with Gasteiger partial charge in [0.2, 0.25) is 0 Å². The lowest BCUT2D eigenvalue weighted by molar-refractivity contribution is 0.284. The molecule has 1 aromatic rings. The normalized spacial score (nSPS) is 17.6. The van der Waals surface area contributed by atoms with Gasteiger partial charge in [0.05, 0.1) is 11.3 Å². The smallest absolute Gasteiger partial charge is 0.134 e. The molecule has 0 spiro atoms. The lowest BCUT2D eigenvalue weighted by Crippen LogP contribution is -2.32. The lowest BCUT2D eigenvalue weighted by Gasteiger charge is -2.32. The summed E-state index contributed by atoms with van der Waals surface area (Å²) >= 11 is 5.10. The van der Waals surface area contributed by atoms with Crippen LogP contribution in [-0.4, -0.2) is 20.8 Å². The molecule has 0 bridgehead atoms. The van der Waals surface area contributed by atoms with E-state index in [2.05, 4.69) is 17.3 Å². The predicted molar refractivity (Wildman–Crippen MR) is 74.3 cm³/mol. The van der Waals surface area contributed by atoms with Crippen LogP contribution in [0.1, 0.15) is 37.4 Å². The van der Waals surface area contributed by atoms with E-state index in [-0.39, 0.29) is 0 Å². The molecular formula is C12H20N4S. The standard InChI is InChI=1S/C12H20N4S/c1-7(9-5-4-6-9)14-12-10(11(13)17)8(2)15-16(12)3/h7,9,14H,4-6H2,1-3H3,(H2,13,17). The molecule has 1 saturated carbocycles. The van der Waals surface area contributed by atoms with Crippen molar-refractivity contribution in [3.8, 4) is 0 Å². The zero-order valence-corrected chi connectivity index (χ0v) is 11.5. The van der Waals surface area contributed by atoms with E-state index in [1.807, 2.05) is 18.7 Å². The molecule has 1 aromatic heterocycles. The molecule has 4 nitrogen and oxygen atoms in total. The molecular weight excluding hydrogens is 232 g/mol. The van der Waals surface area contributed by atoms with Crippen molar-refractivity contribution in [2.24, 2.45) is 18.7 Å². The molecule has 1 aliphatic rings. The largest absolute Gasteiger partial charge is 0.389 e. The number of nitrogens with two attached hydrogens (primary N) is 1. The molecule has 0 aliphatic heterocycles. The number of anilines is 1. The van der Waals surface area contributed by atoms with Crippen LogP contribution < -0.4 is 11.1 Å². The van der Waals surface area contributed by atoms with Gasteiger partial charge in [-0.2, -0.15) is 5.10 Å². The molecule has 0 saturated heterocycles. The summed E-state index contributed by atoms with van der Waals surface area (Å²) in [7, 11) is 1.92. The summed E-state index contributed by atoms with van der Waals surface area (Å²) < 4.78 is 1.83. The second kappa shape index (κ2) is 4.64. The first-order valence-corrected chi connectivity index (χ1v) is 6.51. The van der Waals surface area contributed by atoms with Crippen LogP contribution in [-0.2, 0) is 7.05 Å². The van der Waals surface area contributed by atoms with Crippen LogP contribution in [0.25, 0.3) is 0 Å². The maximum absolute atomic E-state index is 5.77. The van der Waals surface area contributed by atoms with Gasteiger partial charge in [0, 0.05) is 13.1 Å². The van der Waals surface area contributed by atoms with Crippen LogP contribution in [0, 0.1) is 12.8 Å². The van der Waals surface area contributed by atoms with Gasteiger partial charge in [-0.25, -0.2) is 0 Å². The Morgan fingerprint density at radius 1 is 1.59 bits per heavy atom. The summed E-state index contributed by atoms with van der Waals surface area (Å²) in [6.45, 7) is 4.16. The first-order valence-electron chi connectivity index (χ1n) is 6.10. The van der Waals surface area contributed by atoms with Crippen molar-refractivity contribution < 1.29 is 0 Å². The Hall–Kier alpha value is -1.10. The summed E-state index contributed by atoms with van der Waals surface area (Å²) in [5, 5.41) is 7.89. The van der Waals surface area contributed by atoms with Crippen molar-refractivity contribution >= 4 is 23.0 Å². The van der Waals surface area contributed by atoms with E-state index in [4.69, 9.17) is 18.0 Å². The topological polar surface area (TPSA) is 55.9 Å². The molecule has 5 heteroatoms. The molecule has 2 rings (SSSR count). The SMILES string of the molecule is Cc1nn(C)c(NC(C)C2CCC2)c1C(N)=S. The number of thiocarbonyl (C=S) groups is 1. The van der Waals surface area contributed by atoms with Crippen LogP contribution in [0.4, 0.5) is 5.82 Å². The highest BCUT2D eigenvalue weighted by molar-refractivity contribution is 7.80. The van der Waals surface area contributed by atoms with Crippen LogP contribution in [0.3, 0.4) is 0 Å². The summed E-state index contributed by atoms with van der Waals surface area (Å²) in [6.07, 6.45) is 3.98. The van der Waals surface area contributed by atoms with Crippen molar-refractivity contribution in [1.29, 1.82) is 0 Å². The minimum absolute atomic E-state index is 0.416. The van der Waals surface area contributed by atoms with E-state index in [9.17, 15) is 0 Å². The van der Waals surface area contributed by atoms with Crippen molar-refractivity contribution in [3.05, 3.63) is 11.3 Å². The fraction of sp³-hybridized carbons (Fsp3) is 0.667. The molecule has 0 aromatic carbocycles. The summed E-state index contributed by atoms with van der Waals surface area (Å²) in [6, 6.07) is 0.451. The number of rotatable bonds is 4. The molecule has 1 atom stereocenters. The van der Waals surface area contributed by atoms with Gasteiger partial charge < -0.3 is 11.1 Å². The van der Waals surface area contributed by atoms with Crippen molar-refractivity contribution in [1.82, 2.24) is 9.78 Å². The van der Waals surface area contributed by atoms with Crippen molar-refractivity contribution in [2.45, 2.75) is 39.2 Å². The lowest BCUT2D eigenvalue weighted by atomic mass is 9.80. The molecule has 1 unspecified atom stereocenters. The second-order valence-corrected chi connectivity index (χ2v) is 5.36. The Labute approximate surface area is 108 Å². The molecule has 17 heavy (non-hydrogen) atoms. The maximum atomic E-state index is 5.77. The predicted octanol–water partition coefficient (Wildman–Crippen LogP) is 1.96. The highest BCUT2D eigenvalue weighted by Crippen LogP contribution is 2.31. The maximum Gasteiger partial charge on any atom is 0.134 e. The first-order chi connectivity index (χ1) is 8.00. The fourth-order valence-electron chi connectivity index (χ4n) is 2.39. The number of aromatic nitrogens is 2. The Bertz CT molecular complexity index is 434. The van der Waals surface area contributed by atoms with Gasteiger partial charge in [0.1, 0.15) is 10.8 Å². The van der Waals surface area contributed by atoms with E-state index in [1.54, 1.807) is 0 Å². The zero-order valence-electron chi connectivity index (χ0n) is 10.7. The molecule has 94 valence electrons. The van der Waals surface area contributed by atoms with Crippen molar-refractivity contribution in [2.75, 3.05) is 5.32 Å². The van der Waals surface area contributed by atoms with Gasteiger partial charge in [-0.05, 0) is 32.6 Å². The molecule has 1 fully saturated rings. The number of nitrogens with one attached hydrogen (secondary N) is 1. The summed E-state index contributed by atoms with van der Waals surface area (Å²) in [4.78, 5) is 0.416. The third kappa shape index (κ3) is 2.29. The van der Waals surface area contributed by atoms with Crippen LogP contribution >= 0.6 is 12.2 Å². The molecule has 3 N–H and O–H groups in total. The first kappa shape index (κ1) is 12.4. The molecule has 0 amide bonds. The summed E-state index contributed by atoms with van der Waals surface area (Å²) in [5.41, 5.74) is 7.54. The van der Waals surface area contributed by atoms with E-state index in [0.717, 1.165) is 23.0 Å². The molecule has 1 aliphatic carbocycles. The summed E-state index contributed by atoms with van der Waals surface area (Å²) in [5.74, 6) is 1.72. The number of hydrogen-bond donors (Lipinski definition) is 2. The molecule has 0 radical (unpaired) electrons. The Balaban J connectivity index is 2.21. The second-order valence-electron chi connectivity index (χ2n) is 4.92. The van der Waals surface area contributed by atoms with Gasteiger partial charge in [-0.15, -0.1) is 0 Å². The number of nitrogens with zero attached hydrogens (tertiary/aromatic N) is 2. The van der Waals surface area contributed by atoms with Gasteiger partial charge in [0.15, 0.2) is 0 Å². The van der Waals surface area contributed by atoms with E-state index < -0.39 is 0 Å². The Morgan fingerprint density at radius 3 is 2.71 bits per heavy atom. The van der Waals surface area contributed by atoms with Gasteiger partial charge >= 0.3 is 0 Å². The number of hydrogen-bond acceptors (Lipinski definition) is 3. The minimum atomic E-state index is 0.416. The fourth-order valence-corrected chi connectivity index (χ4v) is 2.64. The third-order valence-corrected chi connectivity index (χ3v) is 3.89. The van der Waals surface area contributed by atoms with Crippen LogP contribution in [0.5, 0.6) is 0 Å². The number of aryl methyl sites for hydroxylation is 2. The van der Waals surface area contributed by atoms with Gasteiger partial charge in [-0.1, -0.05) is 18.6 Å². The van der Waals surface area contributed by atoms with E-state index >= 15 is 0 Å². The average Bonchev–Trinajstić information content (AvgIpc) is 2.38. The Morgan fingerprint density at radius 2 is 2.24 bits per heavy atom. The van der Waals surface area contributed by atoms with Crippen LogP contribution in [0.15, 0.2) is 0 Å². The zero-order chi connectivity index (χ0) is 12.6. The third-order valence-electron chi connectivity index (χ3n) is 3.69. The monoisotopic (exact) mass is 252 g/mol. The minimum Gasteiger partial charge on any atom is -0.389 e. The van der Waals surface area contributed by atoms with Crippen molar-refractivity contribution in [3.63, 3.8) is 0 Å².